The zero-order valence-corrected chi connectivity index (χ0v) is 12.5. The molecule has 0 bridgehead atoms. The molecule has 0 spiro atoms. The van der Waals surface area contributed by atoms with Gasteiger partial charge < -0.3 is 10.2 Å². The van der Waals surface area contributed by atoms with Crippen LogP contribution in [0.25, 0.3) is 0 Å². The van der Waals surface area contributed by atoms with Crippen molar-refractivity contribution in [1.82, 2.24) is 4.72 Å². The first-order chi connectivity index (χ1) is 8.77. The number of nitrogens with one attached hydrogen (secondary N) is 1. The van der Waals surface area contributed by atoms with Crippen LogP contribution in [-0.2, 0) is 14.8 Å². The minimum Gasteiger partial charge on any atom is -0.480 e. The predicted octanol–water partition coefficient (Wildman–Crippen LogP) is 0.871. The predicted molar refractivity (Wildman–Crippen MR) is 72.3 cm³/mol. The Morgan fingerprint density at radius 2 is 2.11 bits per heavy atom. The maximum absolute atomic E-state index is 12.1. The van der Waals surface area contributed by atoms with Gasteiger partial charge in [0.25, 0.3) is 0 Å². The summed E-state index contributed by atoms with van der Waals surface area (Å²) >= 11 is 3.17. The van der Waals surface area contributed by atoms with E-state index in [1.54, 1.807) is 19.1 Å². The second-order valence-electron chi connectivity index (χ2n) is 3.93. The molecule has 0 heterocycles. The lowest BCUT2D eigenvalue weighted by Crippen LogP contribution is -2.41. The van der Waals surface area contributed by atoms with Crippen molar-refractivity contribution in [1.29, 1.82) is 0 Å². The van der Waals surface area contributed by atoms with Crippen LogP contribution in [0.3, 0.4) is 0 Å². The first-order valence-corrected chi connectivity index (χ1v) is 7.67. The van der Waals surface area contributed by atoms with E-state index in [-0.39, 0.29) is 11.3 Å². The van der Waals surface area contributed by atoms with Gasteiger partial charge in [-0.05, 0) is 31.0 Å². The fraction of sp³-hybridized carbons (Fsp3) is 0.364. The highest BCUT2D eigenvalue weighted by atomic mass is 79.9. The topological polar surface area (TPSA) is 104 Å². The Kier molecular flexibility index (Phi) is 5.48. The number of hydrogen-bond acceptors (Lipinski definition) is 4. The highest BCUT2D eigenvalue weighted by Gasteiger charge is 2.26. The number of rotatable bonds is 6. The van der Waals surface area contributed by atoms with Crippen molar-refractivity contribution in [2.45, 2.75) is 24.3 Å². The van der Waals surface area contributed by atoms with Crippen molar-refractivity contribution in [3.63, 3.8) is 0 Å². The van der Waals surface area contributed by atoms with Crippen molar-refractivity contribution in [3.8, 4) is 0 Å². The van der Waals surface area contributed by atoms with E-state index in [1.165, 1.54) is 6.07 Å². The first kappa shape index (κ1) is 16.1. The Morgan fingerprint density at radius 1 is 1.47 bits per heavy atom. The molecule has 3 N–H and O–H groups in total. The molecule has 1 atom stereocenters. The lowest BCUT2D eigenvalue weighted by Gasteiger charge is -2.15. The number of aliphatic hydroxyl groups excluding tert-OH is 1. The molecule has 0 aromatic heterocycles. The van der Waals surface area contributed by atoms with Gasteiger partial charge in [0.1, 0.15) is 6.04 Å². The molecule has 1 rings (SSSR count). The number of hydrogen-bond donors (Lipinski definition) is 3. The maximum Gasteiger partial charge on any atom is 0.321 e. The zero-order chi connectivity index (χ0) is 14.6. The van der Waals surface area contributed by atoms with Crippen molar-refractivity contribution in [2.75, 3.05) is 6.61 Å². The second kappa shape index (κ2) is 6.47. The summed E-state index contributed by atoms with van der Waals surface area (Å²) in [7, 11) is -3.95. The van der Waals surface area contributed by atoms with Crippen molar-refractivity contribution >= 4 is 31.9 Å². The van der Waals surface area contributed by atoms with Gasteiger partial charge in [0, 0.05) is 11.1 Å². The van der Waals surface area contributed by atoms with Gasteiger partial charge in [-0.15, -0.1) is 0 Å². The minimum absolute atomic E-state index is 0.00562. The molecule has 0 saturated carbocycles. The Labute approximate surface area is 119 Å². The van der Waals surface area contributed by atoms with Crippen LogP contribution in [0.15, 0.2) is 27.6 Å². The molecule has 19 heavy (non-hydrogen) atoms. The van der Waals surface area contributed by atoms with Gasteiger partial charge in [-0.25, -0.2) is 8.42 Å². The van der Waals surface area contributed by atoms with Crippen LogP contribution in [-0.4, -0.2) is 37.2 Å². The van der Waals surface area contributed by atoms with Crippen LogP contribution < -0.4 is 4.72 Å². The van der Waals surface area contributed by atoms with Crippen molar-refractivity contribution in [3.05, 3.63) is 28.2 Å². The fourth-order valence-corrected chi connectivity index (χ4v) is 3.48. The molecule has 0 radical (unpaired) electrons. The Hall–Kier alpha value is -0.960. The van der Waals surface area contributed by atoms with Gasteiger partial charge in [0.15, 0.2) is 0 Å². The third kappa shape index (κ3) is 4.27. The maximum atomic E-state index is 12.1. The van der Waals surface area contributed by atoms with E-state index in [0.717, 1.165) is 0 Å². The standard InChI is InChI=1S/C11H14BrNO5S/c1-7-2-3-8(12)6-10(7)19(17,18)13-9(4-5-14)11(15)16/h2-3,6,9,13-14H,4-5H2,1H3,(H,15,16)/t9-/m0/s1. The van der Waals surface area contributed by atoms with Crippen LogP contribution in [0.1, 0.15) is 12.0 Å². The van der Waals surface area contributed by atoms with Crippen LogP contribution in [0.4, 0.5) is 0 Å². The van der Waals surface area contributed by atoms with E-state index in [9.17, 15) is 13.2 Å². The number of sulfonamides is 1. The summed E-state index contributed by atoms with van der Waals surface area (Å²) in [4.78, 5) is 10.9. The van der Waals surface area contributed by atoms with Crippen LogP contribution in [0.2, 0.25) is 0 Å². The average molecular weight is 352 g/mol. The van der Waals surface area contributed by atoms with Crippen molar-refractivity contribution < 1.29 is 23.4 Å². The van der Waals surface area contributed by atoms with Gasteiger partial charge in [0.2, 0.25) is 10.0 Å². The molecule has 0 amide bonds. The molecule has 1 aromatic rings. The van der Waals surface area contributed by atoms with Crippen LogP contribution >= 0.6 is 15.9 Å². The smallest absolute Gasteiger partial charge is 0.321 e. The summed E-state index contributed by atoms with van der Waals surface area (Å²) in [5.74, 6) is -1.33. The fourth-order valence-electron chi connectivity index (χ4n) is 1.48. The lowest BCUT2D eigenvalue weighted by molar-refractivity contribution is -0.139. The molecule has 0 aliphatic heterocycles. The van der Waals surface area contributed by atoms with E-state index in [0.29, 0.717) is 10.0 Å². The summed E-state index contributed by atoms with van der Waals surface area (Å²) < 4.78 is 26.9. The highest BCUT2D eigenvalue weighted by Crippen LogP contribution is 2.20. The molecule has 106 valence electrons. The van der Waals surface area contributed by atoms with Crippen LogP contribution in [0, 0.1) is 6.92 Å². The molecule has 1 aromatic carbocycles. The van der Waals surface area contributed by atoms with E-state index in [2.05, 4.69) is 20.7 Å². The van der Waals surface area contributed by atoms with Gasteiger partial charge in [0.05, 0.1) is 4.90 Å². The molecular formula is C11H14BrNO5S. The summed E-state index contributed by atoms with van der Waals surface area (Å²) in [6.45, 7) is 1.19. The Balaban J connectivity index is 3.10. The van der Waals surface area contributed by atoms with E-state index in [4.69, 9.17) is 10.2 Å². The molecule has 6 nitrogen and oxygen atoms in total. The summed E-state index contributed by atoms with van der Waals surface area (Å²) in [6, 6.07) is 3.35. The monoisotopic (exact) mass is 351 g/mol. The zero-order valence-electron chi connectivity index (χ0n) is 10.1. The van der Waals surface area contributed by atoms with E-state index < -0.39 is 28.6 Å². The number of aliphatic hydroxyl groups is 1. The number of carboxylic acid groups (broad SMARTS) is 1. The first-order valence-electron chi connectivity index (χ1n) is 5.40. The van der Waals surface area contributed by atoms with Crippen LogP contribution in [0.5, 0.6) is 0 Å². The van der Waals surface area contributed by atoms with Gasteiger partial charge in [-0.3, -0.25) is 4.79 Å². The lowest BCUT2D eigenvalue weighted by atomic mass is 10.2. The largest absolute Gasteiger partial charge is 0.480 e. The molecule has 8 heteroatoms. The Morgan fingerprint density at radius 3 is 2.63 bits per heavy atom. The highest BCUT2D eigenvalue weighted by molar-refractivity contribution is 9.10. The number of aryl methyl sites for hydroxylation is 1. The van der Waals surface area contributed by atoms with Gasteiger partial charge in [-0.1, -0.05) is 22.0 Å². The van der Waals surface area contributed by atoms with E-state index >= 15 is 0 Å². The molecule has 0 saturated heterocycles. The molecule has 0 unspecified atom stereocenters. The average Bonchev–Trinajstić information content (AvgIpc) is 2.31. The third-order valence-corrected chi connectivity index (χ3v) is 4.56. The minimum atomic E-state index is -3.95. The quantitative estimate of drug-likeness (QED) is 0.705. The summed E-state index contributed by atoms with van der Waals surface area (Å²) in [6.07, 6.45) is -0.193. The molecule has 0 aliphatic carbocycles. The SMILES string of the molecule is Cc1ccc(Br)cc1S(=O)(=O)N[C@@H](CCO)C(=O)O. The number of carboxylic acids is 1. The molecular weight excluding hydrogens is 338 g/mol. The number of halogens is 1. The summed E-state index contributed by atoms with van der Waals surface area (Å²) in [5, 5.41) is 17.6. The summed E-state index contributed by atoms with van der Waals surface area (Å²) in [5.41, 5.74) is 0.504. The Bertz CT molecular complexity index is 572. The number of carbonyl (C=O) groups is 1. The van der Waals surface area contributed by atoms with Gasteiger partial charge >= 0.3 is 5.97 Å². The number of benzene rings is 1. The van der Waals surface area contributed by atoms with Crippen molar-refractivity contribution in [2.24, 2.45) is 0 Å². The third-order valence-electron chi connectivity index (χ3n) is 2.45. The van der Waals surface area contributed by atoms with E-state index in [1.807, 2.05) is 0 Å². The number of aliphatic carboxylic acids is 1. The molecule has 0 fully saturated rings. The van der Waals surface area contributed by atoms with Gasteiger partial charge in [-0.2, -0.15) is 4.72 Å². The second-order valence-corrected chi connectivity index (χ2v) is 6.53. The molecule has 0 aliphatic rings. The normalized spacial score (nSPS) is 13.2.